The zero-order chi connectivity index (χ0) is 32.6. The lowest BCUT2D eigenvalue weighted by atomic mass is 10.0. The number of rotatable bonds is 8. The number of carbonyl (C=O) groups is 3. The number of carbonyl (C=O) groups excluding carboxylic acids is 3. The van der Waals surface area contributed by atoms with Crippen LogP contribution in [0.4, 0.5) is 39.4 Å². The minimum Gasteiger partial charge on any atom is -0.465 e. The van der Waals surface area contributed by atoms with Gasteiger partial charge in [-0.3, -0.25) is 14.2 Å². The summed E-state index contributed by atoms with van der Waals surface area (Å²) in [6.07, 6.45) is -4.94. The summed E-state index contributed by atoms with van der Waals surface area (Å²) >= 11 is 0. The molecule has 0 bridgehead atoms. The number of halogens is 4. The van der Waals surface area contributed by atoms with Gasteiger partial charge in [0.15, 0.2) is 0 Å². The number of hydrogen-bond acceptors (Lipinski definition) is 7. The van der Waals surface area contributed by atoms with Crippen LogP contribution in [0.15, 0.2) is 60.7 Å². The fourth-order valence-electron chi connectivity index (χ4n) is 4.40. The standard InChI is InChI=1S/C28H23F4N5O6S/c1-27(2)25(39)37(21-11-7-17(14-33)22(13-21)28(30,31)32)26(40)36(27)15-18-4-8-19(29)12-23(18)35-44(41,42)34-20-9-5-16(6-10-20)24(38)43-3/h4-13,34-35H,15H2,1-3H3. The zero-order valence-electron chi connectivity index (χ0n) is 23.2. The quantitative estimate of drug-likeness (QED) is 0.201. The Hall–Kier alpha value is -5.17. The molecule has 3 aromatic rings. The molecule has 1 fully saturated rings. The molecule has 0 unspecified atom stereocenters. The number of ether oxygens (including phenoxy) is 1. The predicted molar refractivity (Wildman–Crippen MR) is 149 cm³/mol. The van der Waals surface area contributed by atoms with Crippen molar-refractivity contribution in [2.45, 2.75) is 32.1 Å². The van der Waals surface area contributed by atoms with Crippen LogP contribution >= 0.6 is 0 Å². The largest absolute Gasteiger partial charge is 0.465 e. The molecule has 2 N–H and O–H groups in total. The van der Waals surface area contributed by atoms with Crippen LogP contribution in [0, 0.1) is 17.1 Å². The van der Waals surface area contributed by atoms with Crippen molar-refractivity contribution in [3.8, 4) is 6.07 Å². The molecule has 0 saturated carbocycles. The fraction of sp³-hybridized carbons (Fsp3) is 0.214. The number of methoxy groups -OCH3 is 1. The molecule has 16 heteroatoms. The average molecular weight is 634 g/mol. The first-order chi connectivity index (χ1) is 20.5. The number of alkyl halides is 3. The van der Waals surface area contributed by atoms with Gasteiger partial charge in [0.05, 0.1) is 53.5 Å². The van der Waals surface area contributed by atoms with Gasteiger partial charge in [0.1, 0.15) is 11.4 Å². The molecule has 0 aromatic heterocycles. The van der Waals surface area contributed by atoms with E-state index in [1.807, 2.05) is 0 Å². The van der Waals surface area contributed by atoms with E-state index in [4.69, 9.17) is 5.26 Å². The van der Waals surface area contributed by atoms with Crippen molar-refractivity contribution < 1.29 is 45.1 Å². The van der Waals surface area contributed by atoms with Crippen molar-refractivity contribution in [1.82, 2.24) is 4.90 Å². The third kappa shape index (κ3) is 6.27. The number of hydrogen-bond donors (Lipinski definition) is 2. The molecule has 0 radical (unpaired) electrons. The smallest absolute Gasteiger partial charge is 0.417 e. The highest BCUT2D eigenvalue weighted by molar-refractivity contribution is 7.94. The third-order valence-electron chi connectivity index (χ3n) is 6.71. The molecule has 11 nitrogen and oxygen atoms in total. The number of benzene rings is 3. The summed E-state index contributed by atoms with van der Waals surface area (Å²) in [5, 5.41) is 9.08. The van der Waals surface area contributed by atoms with Gasteiger partial charge in [-0.05, 0) is 74.0 Å². The van der Waals surface area contributed by atoms with E-state index in [-0.39, 0.29) is 22.5 Å². The molecule has 0 aliphatic carbocycles. The number of amides is 3. The summed E-state index contributed by atoms with van der Waals surface area (Å²) in [5.41, 5.74) is -4.14. The van der Waals surface area contributed by atoms with Gasteiger partial charge in [-0.15, -0.1) is 0 Å². The lowest BCUT2D eigenvalue weighted by Crippen LogP contribution is -2.43. The van der Waals surface area contributed by atoms with Crippen molar-refractivity contribution in [3.05, 3.63) is 88.7 Å². The second-order valence-corrected chi connectivity index (χ2v) is 11.4. The Morgan fingerprint density at radius 2 is 1.68 bits per heavy atom. The Kier molecular flexibility index (Phi) is 8.29. The van der Waals surface area contributed by atoms with Crippen molar-refractivity contribution in [2.75, 3.05) is 21.5 Å². The summed E-state index contributed by atoms with van der Waals surface area (Å²) in [5.74, 6) is -2.36. The van der Waals surface area contributed by atoms with E-state index in [1.165, 1.54) is 57.4 Å². The molecule has 3 aromatic carbocycles. The van der Waals surface area contributed by atoms with Crippen LogP contribution in [-0.2, 0) is 32.5 Å². The van der Waals surface area contributed by atoms with E-state index in [0.29, 0.717) is 11.0 Å². The Morgan fingerprint density at radius 1 is 1.02 bits per heavy atom. The van der Waals surface area contributed by atoms with Gasteiger partial charge in [-0.2, -0.15) is 26.9 Å². The number of imide groups is 1. The molecular weight excluding hydrogens is 610 g/mol. The number of nitrogens with one attached hydrogen (secondary N) is 2. The Morgan fingerprint density at radius 3 is 2.27 bits per heavy atom. The summed E-state index contributed by atoms with van der Waals surface area (Å²) < 4.78 is 89.7. The maximum Gasteiger partial charge on any atom is 0.417 e. The number of nitriles is 1. The molecule has 44 heavy (non-hydrogen) atoms. The highest BCUT2D eigenvalue weighted by atomic mass is 32.2. The molecule has 0 atom stereocenters. The first-order valence-electron chi connectivity index (χ1n) is 12.5. The second kappa shape index (κ2) is 11.5. The van der Waals surface area contributed by atoms with Gasteiger partial charge in [0.25, 0.3) is 5.91 Å². The van der Waals surface area contributed by atoms with Gasteiger partial charge in [-0.25, -0.2) is 18.9 Å². The molecule has 230 valence electrons. The molecule has 1 aliphatic rings. The number of anilines is 3. The van der Waals surface area contributed by atoms with Gasteiger partial charge in [0, 0.05) is 0 Å². The van der Waals surface area contributed by atoms with Crippen molar-refractivity contribution in [3.63, 3.8) is 0 Å². The SMILES string of the molecule is COC(=O)c1ccc(NS(=O)(=O)Nc2cc(F)ccc2CN2C(=O)N(c3ccc(C#N)c(C(F)(F)F)c3)C(=O)C2(C)C)cc1. The van der Waals surface area contributed by atoms with E-state index in [9.17, 15) is 40.4 Å². The van der Waals surface area contributed by atoms with Crippen LogP contribution in [0.1, 0.15) is 40.9 Å². The first-order valence-corrected chi connectivity index (χ1v) is 14.0. The number of esters is 1. The Bertz CT molecular complexity index is 1800. The molecule has 4 rings (SSSR count). The monoisotopic (exact) mass is 633 g/mol. The minimum atomic E-state index is -4.94. The molecule has 1 heterocycles. The van der Waals surface area contributed by atoms with Crippen molar-refractivity contribution in [2.24, 2.45) is 0 Å². The molecule has 1 saturated heterocycles. The van der Waals surface area contributed by atoms with Crippen molar-refractivity contribution in [1.29, 1.82) is 5.26 Å². The fourth-order valence-corrected chi connectivity index (χ4v) is 5.38. The highest BCUT2D eigenvalue weighted by Gasteiger charge is 2.52. The topological polar surface area (TPSA) is 149 Å². The normalized spacial score (nSPS) is 14.8. The minimum absolute atomic E-state index is 0.0424. The van der Waals surface area contributed by atoms with Crippen LogP contribution < -0.4 is 14.3 Å². The Labute approximate surface area is 248 Å². The summed E-state index contributed by atoms with van der Waals surface area (Å²) in [7, 11) is -3.25. The molecular formula is C28H23F4N5O6S. The van der Waals surface area contributed by atoms with Crippen LogP contribution in [0.3, 0.4) is 0 Å². The maximum atomic E-state index is 14.2. The van der Waals surface area contributed by atoms with Crippen molar-refractivity contribution >= 4 is 45.2 Å². The van der Waals surface area contributed by atoms with Gasteiger partial charge in [-0.1, -0.05) is 6.07 Å². The lowest BCUT2D eigenvalue weighted by Gasteiger charge is -2.28. The second-order valence-electron chi connectivity index (χ2n) is 9.99. The third-order valence-corrected chi connectivity index (χ3v) is 7.71. The van der Waals surface area contributed by atoms with E-state index in [1.54, 1.807) is 0 Å². The number of nitrogens with zero attached hydrogens (tertiary/aromatic N) is 3. The van der Waals surface area contributed by atoms with Gasteiger partial charge in [0.2, 0.25) is 0 Å². The molecule has 0 spiro atoms. The summed E-state index contributed by atoms with van der Waals surface area (Å²) in [6, 6.07) is 11.0. The highest BCUT2D eigenvalue weighted by Crippen LogP contribution is 2.38. The van der Waals surface area contributed by atoms with E-state index < -0.39 is 69.0 Å². The predicted octanol–water partition coefficient (Wildman–Crippen LogP) is 5.02. The van der Waals surface area contributed by atoms with E-state index in [2.05, 4.69) is 14.2 Å². The Balaban J connectivity index is 1.63. The summed E-state index contributed by atoms with van der Waals surface area (Å²) in [4.78, 5) is 39.9. The summed E-state index contributed by atoms with van der Waals surface area (Å²) in [6.45, 7) is 2.23. The van der Waals surface area contributed by atoms with Crippen LogP contribution in [0.2, 0.25) is 0 Å². The van der Waals surface area contributed by atoms with Crippen LogP contribution in [0.5, 0.6) is 0 Å². The molecule has 3 amide bonds. The van der Waals surface area contributed by atoms with Crippen LogP contribution in [-0.4, -0.2) is 43.9 Å². The molecule has 1 aliphatic heterocycles. The van der Waals surface area contributed by atoms with Gasteiger partial charge < -0.3 is 9.64 Å². The maximum absolute atomic E-state index is 14.2. The lowest BCUT2D eigenvalue weighted by molar-refractivity contribution is -0.137. The van der Waals surface area contributed by atoms with Crippen LogP contribution in [0.25, 0.3) is 0 Å². The zero-order valence-corrected chi connectivity index (χ0v) is 24.0. The van der Waals surface area contributed by atoms with E-state index >= 15 is 0 Å². The first kappa shape index (κ1) is 31.8. The van der Waals surface area contributed by atoms with Gasteiger partial charge >= 0.3 is 28.4 Å². The van der Waals surface area contributed by atoms with E-state index in [0.717, 1.165) is 29.2 Å². The average Bonchev–Trinajstić information content (AvgIpc) is 3.11. The number of urea groups is 1.